The van der Waals surface area contributed by atoms with Crippen LogP contribution in [0.15, 0.2) is 40.8 Å². The largest absolute Gasteiger partial charge is 0.484 e. The van der Waals surface area contributed by atoms with Gasteiger partial charge in [0.05, 0.1) is 13.7 Å². The van der Waals surface area contributed by atoms with Crippen LogP contribution in [0, 0.1) is 12.8 Å². The van der Waals surface area contributed by atoms with Crippen LogP contribution in [0.5, 0.6) is 5.75 Å². The van der Waals surface area contributed by atoms with Gasteiger partial charge in [-0.05, 0) is 31.0 Å². The highest BCUT2D eigenvalue weighted by molar-refractivity contribution is 5.90. The molecule has 29 heavy (non-hydrogen) atoms. The Labute approximate surface area is 169 Å². The van der Waals surface area contributed by atoms with E-state index in [0.717, 1.165) is 0 Å². The van der Waals surface area contributed by atoms with E-state index in [9.17, 15) is 14.4 Å². The third-order valence-corrected chi connectivity index (χ3v) is 4.19. The minimum atomic E-state index is -0.738. The van der Waals surface area contributed by atoms with Crippen molar-refractivity contribution in [3.8, 4) is 5.75 Å². The number of esters is 1. The molecule has 2 rings (SSSR count). The van der Waals surface area contributed by atoms with Gasteiger partial charge in [-0.1, -0.05) is 32.0 Å². The summed E-state index contributed by atoms with van der Waals surface area (Å²) in [6.07, 6.45) is 0. The van der Waals surface area contributed by atoms with Crippen LogP contribution in [-0.4, -0.2) is 37.5 Å². The zero-order valence-electron chi connectivity index (χ0n) is 17.0. The number of furan rings is 1. The first-order valence-electron chi connectivity index (χ1n) is 9.24. The monoisotopic (exact) mass is 402 g/mol. The maximum absolute atomic E-state index is 12.5. The van der Waals surface area contributed by atoms with Gasteiger partial charge in [-0.15, -0.1) is 0 Å². The fraction of sp³-hybridized carbons (Fsp3) is 0.381. The van der Waals surface area contributed by atoms with E-state index in [1.54, 1.807) is 31.2 Å². The van der Waals surface area contributed by atoms with Crippen molar-refractivity contribution < 1.29 is 28.3 Å². The average molecular weight is 402 g/mol. The molecule has 0 saturated heterocycles. The molecule has 1 atom stereocenters. The van der Waals surface area contributed by atoms with E-state index < -0.39 is 17.9 Å². The maximum Gasteiger partial charge on any atom is 0.341 e. The highest BCUT2D eigenvalue weighted by atomic mass is 16.5. The highest BCUT2D eigenvalue weighted by Gasteiger charge is 2.25. The Bertz CT molecular complexity index is 844. The van der Waals surface area contributed by atoms with Gasteiger partial charge in [0.15, 0.2) is 6.61 Å². The Morgan fingerprint density at radius 2 is 1.83 bits per heavy atom. The van der Waals surface area contributed by atoms with Gasteiger partial charge in [0, 0.05) is 0 Å². The van der Waals surface area contributed by atoms with E-state index in [1.807, 2.05) is 19.9 Å². The summed E-state index contributed by atoms with van der Waals surface area (Å²) in [6, 6.07) is 9.73. The summed E-state index contributed by atoms with van der Waals surface area (Å²) in [4.78, 5) is 36.4. The Morgan fingerprint density at radius 1 is 1.14 bits per heavy atom. The molecule has 1 aromatic carbocycles. The standard InChI is InChI=1S/C21H26N2O6/c1-13(2)19(23-18(24)12-28-15-8-6-5-7-9-15)20(25)22-11-16-10-17(14(3)29-16)21(26)27-4/h5-10,13,19H,11-12H2,1-4H3,(H,22,25)(H,23,24). The van der Waals surface area contributed by atoms with Crippen molar-refractivity contribution in [3.05, 3.63) is 53.5 Å². The van der Waals surface area contributed by atoms with Crippen molar-refractivity contribution in [2.75, 3.05) is 13.7 Å². The molecule has 0 aliphatic carbocycles. The molecule has 0 radical (unpaired) electrons. The molecule has 8 heteroatoms. The number of hydrogen-bond donors (Lipinski definition) is 2. The van der Waals surface area contributed by atoms with Crippen LogP contribution in [-0.2, 0) is 20.9 Å². The molecule has 0 aliphatic heterocycles. The van der Waals surface area contributed by atoms with Gasteiger partial charge >= 0.3 is 5.97 Å². The SMILES string of the molecule is COC(=O)c1cc(CNC(=O)C(NC(=O)COc2ccccc2)C(C)C)oc1C. The van der Waals surface area contributed by atoms with Crippen LogP contribution >= 0.6 is 0 Å². The lowest BCUT2D eigenvalue weighted by Crippen LogP contribution is -2.50. The van der Waals surface area contributed by atoms with Gasteiger partial charge in [0.2, 0.25) is 5.91 Å². The Kier molecular flexibility index (Phi) is 7.82. The third-order valence-electron chi connectivity index (χ3n) is 4.19. The molecule has 2 amide bonds. The summed E-state index contributed by atoms with van der Waals surface area (Å²) in [5, 5.41) is 5.40. The molecule has 156 valence electrons. The number of aryl methyl sites for hydroxylation is 1. The second-order valence-electron chi connectivity index (χ2n) is 6.78. The van der Waals surface area contributed by atoms with Crippen LogP contribution < -0.4 is 15.4 Å². The molecule has 0 saturated carbocycles. The number of nitrogens with one attached hydrogen (secondary N) is 2. The predicted octanol–water partition coefficient (Wildman–Crippen LogP) is 2.21. The van der Waals surface area contributed by atoms with Crippen LogP contribution in [0.3, 0.4) is 0 Å². The average Bonchev–Trinajstić information content (AvgIpc) is 3.09. The van der Waals surface area contributed by atoms with Crippen LogP contribution in [0.4, 0.5) is 0 Å². The maximum atomic E-state index is 12.5. The van der Waals surface area contributed by atoms with Crippen LogP contribution in [0.2, 0.25) is 0 Å². The molecule has 2 aromatic rings. The number of carbonyl (C=O) groups excluding carboxylic acids is 3. The normalized spacial score (nSPS) is 11.6. The van der Waals surface area contributed by atoms with Crippen molar-refractivity contribution in [1.29, 1.82) is 0 Å². The number of para-hydroxylation sites is 1. The predicted molar refractivity (Wildman–Crippen MR) is 105 cm³/mol. The molecular formula is C21H26N2O6. The molecular weight excluding hydrogens is 376 g/mol. The molecule has 8 nitrogen and oxygen atoms in total. The number of hydrogen-bond acceptors (Lipinski definition) is 6. The van der Waals surface area contributed by atoms with E-state index >= 15 is 0 Å². The molecule has 0 fully saturated rings. The molecule has 0 spiro atoms. The van der Waals surface area contributed by atoms with Crippen molar-refractivity contribution in [2.24, 2.45) is 5.92 Å². The number of rotatable bonds is 9. The van der Waals surface area contributed by atoms with Crippen molar-refractivity contribution in [1.82, 2.24) is 10.6 Å². The van der Waals surface area contributed by atoms with Crippen molar-refractivity contribution >= 4 is 17.8 Å². The summed E-state index contributed by atoms with van der Waals surface area (Å²) in [5.41, 5.74) is 0.309. The lowest BCUT2D eigenvalue weighted by atomic mass is 10.0. The summed E-state index contributed by atoms with van der Waals surface area (Å²) in [6.45, 7) is 5.18. The van der Waals surface area contributed by atoms with Gasteiger partial charge in [-0.3, -0.25) is 9.59 Å². The second-order valence-corrected chi connectivity index (χ2v) is 6.78. The minimum absolute atomic E-state index is 0.0796. The number of methoxy groups -OCH3 is 1. The first-order chi connectivity index (χ1) is 13.8. The first-order valence-corrected chi connectivity index (χ1v) is 9.24. The Balaban J connectivity index is 1.90. The van der Waals surface area contributed by atoms with Gasteiger partial charge in [0.1, 0.15) is 28.9 Å². The van der Waals surface area contributed by atoms with Gasteiger partial charge in [0.25, 0.3) is 5.91 Å². The fourth-order valence-corrected chi connectivity index (χ4v) is 2.64. The number of ether oxygens (including phenoxy) is 2. The number of carbonyl (C=O) groups is 3. The van der Waals surface area contributed by atoms with Crippen molar-refractivity contribution in [2.45, 2.75) is 33.4 Å². The lowest BCUT2D eigenvalue weighted by Gasteiger charge is -2.21. The smallest absolute Gasteiger partial charge is 0.341 e. The Hall–Kier alpha value is -3.29. The molecule has 1 unspecified atom stereocenters. The van der Waals surface area contributed by atoms with E-state index in [1.165, 1.54) is 13.2 Å². The fourth-order valence-electron chi connectivity index (χ4n) is 2.64. The van der Waals surface area contributed by atoms with Crippen LogP contribution in [0.25, 0.3) is 0 Å². The van der Waals surface area contributed by atoms with Crippen molar-refractivity contribution in [3.63, 3.8) is 0 Å². The molecule has 2 N–H and O–H groups in total. The highest BCUT2D eigenvalue weighted by Crippen LogP contribution is 2.15. The zero-order chi connectivity index (χ0) is 21.4. The lowest BCUT2D eigenvalue weighted by molar-refractivity contribution is -0.131. The quantitative estimate of drug-likeness (QED) is 0.623. The zero-order valence-corrected chi connectivity index (χ0v) is 17.0. The summed E-state index contributed by atoms with van der Waals surface area (Å²) >= 11 is 0. The number of benzene rings is 1. The van der Waals surface area contributed by atoms with Gasteiger partial charge < -0.3 is 24.5 Å². The van der Waals surface area contributed by atoms with E-state index in [2.05, 4.69) is 15.4 Å². The number of amides is 2. The Morgan fingerprint density at radius 3 is 2.45 bits per heavy atom. The van der Waals surface area contributed by atoms with Gasteiger partial charge in [-0.25, -0.2) is 4.79 Å². The summed E-state index contributed by atoms with van der Waals surface area (Å²) in [5.74, 6) is -0.00590. The first kappa shape index (κ1) is 22.0. The van der Waals surface area contributed by atoms with E-state index in [4.69, 9.17) is 9.15 Å². The minimum Gasteiger partial charge on any atom is -0.484 e. The third kappa shape index (κ3) is 6.38. The van der Waals surface area contributed by atoms with E-state index in [0.29, 0.717) is 22.8 Å². The summed E-state index contributed by atoms with van der Waals surface area (Å²) < 4.78 is 15.6. The molecule has 1 heterocycles. The second kappa shape index (κ2) is 10.3. The van der Waals surface area contributed by atoms with Gasteiger partial charge in [-0.2, -0.15) is 0 Å². The summed E-state index contributed by atoms with van der Waals surface area (Å²) in [7, 11) is 1.29. The molecule has 0 aliphatic rings. The molecule has 0 bridgehead atoms. The topological polar surface area (TPSA) is 107 Å². The molecule has 1 aromatic heterocycles. The van der Waals surface area contributed by atoms with E-state index in [-0.39, 0.29) is 25.0 Å². The van der Waals surface area contributed by atoms with Crippen LogP contribution in [0.1, 0.15) is 35.7 Å².